The molecule has 0 N–H and O–H groups in total. The van der Waals surface area contributed by atoms with Crippen molar-refractivity contribution in [1.29, 1.82) is 5.26 Å². The first kappa shape index (κ1) is 20.2. The Kier molecular flexibility index (Phi) is 4.96. The Morgan fingerprint density at radius 3 is 2.58 bits per heavy atom. The number of hydrogen-bond donors (Lipinski definition) is 0. The average molecular weight is 433 g/mol. The molecule has 0 fully saturated rings. The molecule has 0 atom stereocenters. The van der Waals surface area contributed by atoms with Crippen LogP contribution in [0.15, 0.2) is 77.7 Å². The van der Waals surface area contributed by atoms with Gasteiger partial charge in [0, 0.05) is 13.2 Å². The van der Waals surface area contributed by atoms with E-state index in [4.69, 9.17) is 4.74 Å². The Morgan fingerprint density at radius 2 is 1.79 bits per heavy atom. The summed E-state index contributed by atoms with van der Waals surface area (Å²) in [6.45, 7) is 1.92. The van der Waals surface area contributed by atoms with Gasteiger partial charge in [-0.2, -0.15) is 10.2 Å². The fraction of sp³-hybridized carbons (Fsp3) is 0.0769. The highest BCUT2D eigenvalue weighted by molar-refractivity contribution is 5.91. The van der Waals surface area contributed by atoms with Crippen molar-refractivity contribution in [2.45, 2.75) is 6.92 Å². The highest BCUT2D eigenvalue weighted by Gasteiger charge is 2.18. The van der Waals surface area contributed by atoms with Crippen molar-refractivity contribution in [3.63, 3.8) is 0 Å². The number of ether oxygens (including phenoxy) is 1. The summed E-state index contributed by atoms with van der Waals surface area (Å²) in [6.07, 6.45) is 3.14. The van der Waals surface area contributed by atoms with Gasteiger partial charge in [0.05, 0.1) is 16.6 Å². The second-order valence-corrected chi connectivity index (χ2v) is 7.59. The molecular formula is C26H19N5O2. The minimum Gasteiger partial charge on any atom is -0.438 e. The lowest BCUT2D eigenvalue weighted by Crippen LogP contribution is -2.19. The number of para-hydroxylation sites is 3. The Balaban J connectivity index is 1.75. The zero-order valence-corrected chi connectivity index (χ0v) is 18.1. The number of hydrogen-bond acceptors (Lipinski definition) is 5. The topological polar surface area (TPSA) is 85.2 Å². The maximum Gasteiger partial charge on any atom is 0.269 e. The minimum atomic E-state index is -0.337. The van der Waals surface area contributed by atoms with Crippen molar-refractivity contribution in [2.75, 3.05) is 0 Å². The number of nitrogens with zero attached hydrogens (tertiary/aromatic N) is 5. The van der Waals surface area contributed by atoms with E-state index >= 15 is 0 Å². The normalized spacial score (nSPS) is 11.6. The maximum absolute atomic E-state index is 13.4. The zero-order valence-electron chi connectivity index (χ0n) is 18.1. The third kappa shape index (κ3) is 3.54. The molecule has 0 radical (unpaired) electrons. The molecule has 5 rings (SSSR count). The van der Waals surface area contributed by atoms with Crippen molar-refractivity contribution in [3.05, 3.63) is 100 Å². The van der Waals surface area contributed by atoms with E-state index in [0.717, 1.165) is 16.6 Å². The van der Waals surface area contributed by atoms with Crippen LogP contribution in [-0.2, 0) is 7.05 Å². The van der Waals surface area contributed by atoms with E-state index in [1.807, 2.05) is 67.1 Å². The smallest absolute Gasteiger partial charge is 0.269 e. The van der Waals surface area contributed by atoms with E-state index in [9.17, 15) is 10.1 Å². The fourth-order valence-corrected chi connectivity index (χ4v) is 3.74. The van der Waals surface area contributed by atoms with Gasteiger partial charge in [-0.25, -0.2) is 4.98 Å². The number of nitriles is 1. The number of rotatable bonds is 4. The number of fused-ring (bicyclic) bond motifs is 2. The summed E-state index contributed by atoms with van der Waals surface area (Å²) in [6, 6.07) is 22.6. The second kappa shape index (κ2) is 8.09. The van der Waals surface area contributed by atoms with Gasteiger partial charge < -0.3 is 9.30 Å². The van der Waals surface area contributed by atoms with E-state index in [-0.39, 0.29) is 22.6 Å². The van der Waals surface area contributed by atoms with Crippen LogP contribution >= 0.6 is 0 Å². The van der Waals surface area contributed by atoms with Crippen LogP contribution in [0.5, 0.6) is 11.6 Å². The van der Waals surface area contributed by atoms with Gasteiger partial charge in [0.1, 0.15) is 23.0 Å². The van der Waals surface area contributed by atoms with Crippen molar-refractivity contribution in [2.24, 2.45) is 7.05 Å². The largest absolute Gasteiger partial charge is 0.438 e. The Hall–Kier alpha value is -4.70. The number of aromatic nitrogens is 4. The third-order valence-corrected chi connectivity index (χ3v) is 5.47. The van der Waals surface area contributed by atoms with Gasteiger partial charge in [-0.1, -0.05) is 36.4 Å². The standard InChI is InChI=1S/C26H19N5O2/c1-17-9-3-6-12-22(17)33-25-19(26(32)31-14-8-7-13-23(31)29-25)15-18(16-27)24-28-20-10-4-5-11-21(20)30(24)2/h3-15H,1-2H3. The van der Waals surface area contributed by atoms with Gasteiger partial charge in [-0.15, -0.1) is 0 Å². The molecule has 3 aromatic heterocycles. The number of imidazole rings is 1. The molecular weight excluding hydrogens is 414 g/mol. The Morgan fingerprint density at radius 1 is 1.03 bits per heavy atom. The molecule has 0 aliphatic carbocycles. The number of allylic oxidation sites excluding steroid dienone is 1. The molecule has 7 nitrogen and oxygen atoms in total. The van der Waals surface area contributed by atoms with Gasteiger partial charge >= 0.3 is 0 Å². The highest BCUT2D eigenvalue weighted by atomic mass is 16.5. The molecule has 160 valence electrons. The van der Waals surface area contributed by atoms with Crippen LogP contribution in [-0.4, -0.2) is 18.9 Å². The summed E-state index contributed by atoms with van der Waals surface area (Å²) < 4.78 is 9.36. The predicted octanol–water partition coefficient (Wildman–Crippen LogP) is 4.75. The monoisotopic (exact) mass is 433 g/mol. The SMILES string of the molecule is Cc1ccccc1Oc1nc2ccccn2c(=O)c1C=C(C#N)c1nc2ccccc2n1C. The third-order valence-electron chi connectivity index (χ3n) is 5.47. The van der Waals surface area contributed by atoms with Gasteiger partial charge in [0.2, 0.25) is 5.88 Å². The van der Waals surface area contributed by atoms with Crippen molar-refractivity contribution >= 4 is 28.3 Å². The molecule has 0 amide bonds. The summed E-state index contributed by atoms with van der Waals surface area (Å²) in [5.41, 5.74) is 3.07. The first-order valence-electron chi connectivity index (χ1n) is 10.4. The molecule has 0 unspecified atom stereocenters. The van der Waals surface area contributed by atoms with E-state index in [1.165, 1.54) is 10.5 Å². The molecule has 0 spiro atoms. The summed E-state index contributed by atoms with van der Waals surface area (Å²) in [5.74, 6) is 1.17. The molecule has 2 aromatic carbocycles. The van der Waals surface area contributed by atoms with Crippen LogP contribution in [0.3, 0.4) is 0 Å². The molecule has 5 aromatic rings. The van der Waals surface area contributed by atoms with Crippen LogP contribution in [0.4, 0.5) is 0 Å². The quantitative estimate of drug-likeness (QED) is 0.382. The summed E-state index contributed by atoms with van der Waals surface area (Å²) in [4.78, 5) is 22.6. The average Bonchev–Trinajstić information content (AvgIpc) is 3.17. The van der Waals surface area contributed by atoms with E-state index < -0.39 is 0 Å². The molecule has 7 heteroatoms. The molecule has 0 saturated carbocycles. The number of pyridine rings is 1. The second-order valence-electron chi connectivity index (χ2n) is 7.59. The predicted molar refractivity (Wildman–Crippen MR) is 127 cm³/mol. The molecule has 33 heavy (non-hydrogen) atoms. The summed E-state index contributed by atoms with van der Waals surface area (Å²) in [5, 5.41) is 9.98. The van der Waals surface area contributed by atoms with Crippen LogP contribution in [0, 0.1) is 18.3 Å². The molecule has 0 aliphatic rings. The van der Waals surface area contributed by atoms with Crippen LogP contribution in [0.1, 0.15) is 17.0 Å². The van der Waals surface area contributed by atoms with E-state index in [0.29, 0.717) is 17.2 Å². The van der Waals surface area contributed by atoms with Gasteiger partial charge in [-0.05, 0) is 48.9 Å². The van der Waals surface area contributed by atoms with Crippen LogP contribution in [0.25, 0.3) is 28.3 Å². The van der Waals surface area contributed by atoms with E-state index in [2.05, 4.69) is 16.0 Å². The van der Waals surface area contributed by atoms with E-state index in [1.54, 1.807) is 24.4 Å². The lowest BCUT2D eigenvalue weighted by molar-refractivity contribution is 0.457. The van der Waals surface area contributed by atoms with Crippen molar-refractivity contribution in [3.8, 4) is 17.7 Å². The summed E-state index contributed by atoms with van der Waals surface area (Å²) in [7, 11) is 1.84. The lowest BCUT2D eigenvalue weighted by Gasteiger charge is -2.12. The van der Waals surface area contributed by atoms with Gasteiger partial charge in [0.15, 0.2) is 5.82 Å². The van der Waals surface area contributed by atoms with Crippen molar-refractivity contribution in [1.82, 2.24) is 18.9 Å². The zero-order chi connectivity index (χ0) is 22.9. The minimum absolute atomic E-state index is 0.131. The molecule has 0 saturated heterocycles. The van der Waals surface area contributed by atoms with Crippen LogP contribution in [0.2, 0.25) is 0 Å². The van der Waals surface area contributed by atoms with Gasteiger partial charge in [0.25, 0.3) is 5.56 Å². The highest BCUT2D eigenvalue weighted by Crippen LogP contribution is 2.28. The first-order valence-corrected chi connectivity index (χ1v) is 10.4. The van der Waals surface area contributed by atoms with Crippen LogP contribution < -0.4 is 10.3 Å². The number of benzene rings is 2. The molecule has 3 heterocycles. The van der Waals surface area contributed by atoms with Crippen molar-refractivity contribution < 1.29 is 4.74 Å². The summed E-state index contributed by atoms with van der Waals surface area (Å²) >= 11 is 0. The first-order chi connectivity index (χ1) is 16.1. The molecule has 0 bridgehead atoms. The maximum atomic E-state index is 13.4. The Labute approximate surface area is 189 Å². The fourth-order valence-electron chi connectivity index (χ4n) is 3.74. The van der Waals surface area contributed by atoms with Gasteiger partial charge in [-0.3, -0.25) is 9.20 Å². The lowest BCUT2D eigenvalue weighted by atomic mass is 10.1. The number of aryl methyl sites for hydroxylation is 2. The Bertz CT molecular complexity index is 1650. The molecule has 0 aliphatic heterocycles.